The summed E-state index contributed by atoms with van der Waals surface area (Å²) in [6, 6.07) is 7.84. The zero-order valence-electron chi connectivity index (χ0n) is 10.2. The lowest BCUT2D eigenvalue weighted by Crippen LogP contribution is -2.33. The largest absolute Gasteiger partial charge is 0.306 e. The number of nitrogens with zero attached hydrogens (tertiary/aromatic N) is 1. The van der Waals surface area contributed by atoms with Crippen LogP contribution in [0.25, 0.3) is 0 Å². The van der Waals surface area contributed by atoms with Crippen molar-refractivity contribution in [2.24, 2.45) is 0 Å². The fraction of sp³-hybridized carbons (Fsp3) is 0.571. The summed E-state index contributed by atoms with van der Waals surface area (Å²) in [4.78, 5) is 2.41. The molecule has 17 heavy (non-hydrogen) atoms. The first-order chi connectivity index (χ1) is 8.24. The van der Waals surface area contributed by atoms with E-state index in [1.54, 1.807) is 0 Å². The molecular weight excluding hydrogens is 276 g/mol. The fourth-order valence-electron chi connectivity index (χ4n) is 3.14. The van der Waals surface area contributed by atoms with E-state index in [1.807, 2.05) is 0 Å². The Bertz CT molecular complexity index is 419. The van der Waals surface area contributed by atoms with E-state index in [2.05, 4.69) is 51.4 Å². The second kappa shape index (κ2) is 4.71. The maximum Gasteiger partial charge on any atom is 0.0329 e. The van der Waals surface area contributed by atoms with E-state index < -0.39 is 0 Å². The summed E-state index contributed by atoms with van der Waals surface area (Å²) in [7, 11) is 2.21. The Labute approximate surface area is 112 Å². The van der Waals surface area contributed by atoms with Crippen molar-refractivity contribution in [3.8, 4) is 0 Å². The molecule has 1 aromatic rings. The molecule has 92 valence electrons. The molecule has 2 atom stereocenters. The van der Waals surface area contributed by atoms with Crippen molar-refractivity contribution < 1.29 is 0 Å². The third kappa shape index (κ3) is 2.28. The number of hydrogen-bond donors (Lipinski definition) is 1. The van der Waals surface area contributed by atoms with Crippen molar-refractivity contribution in [1.82, 2.24) is 10.2 Å². The molecule has 0 saturated carbocycles. The molecule has 1 saturated heterocycles. The zero-order valence-corrected chi connectivity index (χ0v) is 11.8. The topological polar surface area (TPSA) is 15.3 Å². The Kier molecular flexibility index (Phi) is 3.24. The molecular formula is C14H19BrN2. The van der Waals surface area contributed by atoms with Crippen LogP contribution in [0.1, 0.15) is 30.0 Å². The summed E-state index contributed by atoms with van der Waals surface area (Å²) < 4.78 is 1.28. The van der Waals surface area contributed by atoms with Gasteiger partial charge in [0.15, 0.2) is 0 Å². The minimum Gasteiger partial charge on any atom is -0.306 e. The van der Waals surface area contributed by atoms with Crippen LogP contribution in [0.2, 0.25) is 0 Å². The molecule has 0 radical (unpaired) electrons. The van der Waals surface area contributed by atoms with Crippen molar-refractivity contribution in [3.63, 3.8) is 0 Å². The lowest BCUT2D eigenvalue weighted by atomic mass is 10.1. The monoisotopic (exact) mass is 294 g/mol. The molecule has 2 aliphatic rings. The van der Waals surface area contributed by atoms with E-state index in [-0.39, 0.29) is 0 Å². The van der Waals surface area contributed by atoms with E-state index in [9.17, 15) is 0 Å². The standard InChI is InChI=1S/C14H19BrN2/c1-17-8-7-10(9-17)16-14-6-5-11-12(14)3-2-4-13(11)15/h2-4,10,14,16H,5-9H2,1H3. The van der Waals surface area contributed by atoms with Crippen LogP contribution in [0, 0.1) is 0 Å². The zero-order chi connectivity index (χ0) is 11.8. The number of benzene rings is 1. The van der Waals surface area contributed by atoms with E-state index in [0.717, 1.165) is 0 Å². The Morgan fingerprint density at radius 2 is 2.24 bits per heavy atom. The molecule has 1 N–H and O–H groups in total. The van der Waals surface area contributed by atoms with Crippen molar-refractivity contribution in [1.29, 1.82) is 0 Å². The van der Waals surface area contributed by atoms with Gasteiger partial charge < -0.3 is 10.2 Å². The van der Waals surface area contributed by atoms with Gasteiger partial charge in [0.2, 0.25) is 0 Å². The van der Waals surface area contributed by atoms with Gasteiger partial charge >= 0.3 is 0 Å². The summed E-state index contributed by atoms with van der Waals surface area (Å²) in [5, 5.41) is 3.83. The lowest BCUT2D eigenvalue weighted by molar-refractivity contribution is 0.381. The van der Waals surface area contributed by atoms with E-state index in [4.69, 9.17) is 0 Å². The van der Waals surface area contributed by atoms with Gasteiger partial charge in [0.1, 0.15) is 0 Å². The van der Waals surface area contributed by atoms with Crippen LogP contribution in [-0.4, -0.2) is 31.1 Å². The molecule has 3 heteroatoms. The van der Waals surface area contributed by atoms with Crippen LogP contribution in [-0.2, 0) is 6.42 Å². The summed E-state index contributed by atoms with van der Waals surface area (Å²) in [5.74, 6) is 0. The van der Waals surface area contributed by atoms with E-state index in [1.165, 1.54) is 48.0 Å². The maximum absolute atomic E-state index is 3.83. The predicted octanol–water partition coefficient (Wildman–Crippen LogP) is 2.73. The number of halogens is 1. The van der Waals surface area contributed by atoms with Gasteiger partial charge in [-0.2, -0.15) is 0 Å². The predicted molar refractivity (Wildman–Crippen MR) is 74.2 cm³/mol. The SMILES string of the molecule is CN1CCC(NC2CCc3c(Br)cccc32)C1. The highest BCUT2D eigenvalue weighted by Gasteiger charge is 2.28. The minimum absolute atomic E-state index is 0.569. The molecule has 2 unspecified atom stereocenters. The van der Waals surface area contributed by atoms with Crippen LogP contribution in [0.5, 0.6) is 0 Å². The maximum atomic E-state index is 3.83. The minimum atomic E-state index is 0.569. The molecule has 0 bridgehead atoms. The quantitative estimate of drug-likeness (QED) is 0.902. The first-order valence-electron chi connectivity index (χ1n) is 6.46. The van der Waals surface area contributed by atoms with Gasteiger partial charge in [0, 0.05) is 23.1 Å². The summed E-state index contributed by atoms with van der Waals surface area (Å²) in [6.45, 7) is 2.43. The van der Waals surface area contributed by atoms with E-state index in [0.29, 0.717) is 12.1 Å². The van der Waals surface area contributed by atoms with E-state index >= 15 is 0 Å². The summed E-state index contributed by atoms with van der Waals surface area (Å²) in [5.41, 5.74) is 3.02. The van der Waals surface area contributed by atoms with Crippen LogP contribution in [0.3, 0.4) is 0 Å². The van der Waals surface area contributed by atoms with Crippen LogP contribution in [0.4, 0.5) is 0 Å². The average molecular weight is 295 g/mol. The van der Waals surface area contributed by atoms with Crippen LogP contribution >= 0.6 is 15.9 Å². The number of nitrogens with one attached hydrogen (secondary N) is 1. The number of fused-ring (bicyclic) bond motifs is 1. The molecule has 1 aliphatic carbocycles. The Balaban J connectivity index is 1.73. The van der Waals surface area contributed by atoms with Crippen molar-refractivity contribution in [2.75, 3.05) is 20.1 Å². The highest BCUT2D eigenvalue weighted by atomic mass is 79.9. The lowest BCUT2D eigenvalue weighted by Gasteiger charge is -2.20. The first-order valence-corrected chi connectivity index (χ1v) is 7.25. The van der Waals surface area contributed by atoms with Gasteiger partial charge in [0.25, 0.3) is 0 Å². The summed E-state index contributed by atoms with van der Waals surface area (Å²) >= 11 is 3.66. The molecule has 2 nitrogen and oxygen atoms in total. The second-order valence-corrected chi connectivity index (χ2v) is 6.17. The first kappa shape index (κ1) is 11.7. The van der Waals surface area contributed by atoms with Crippen molar-refractivity contribution in [3.05, 3.63) is 33.8 Å². The molecule has 0 amide bonds. The van der Waals surface area contributed by atoms with Gasteiger partial charge in [-0.3, -0.25) is 0 Å². The Morgan fingerprint density at radius 1 is 1.35 bits per heavy atom. The van der Waals surface area contributed by atoms with Crippen molar-refractivity contribution in [2.45, 2.75) is 31.3 Å². The molecule has 1 heterocycles. The molecule has 3 rings (SSSR count). The van der Waals surface area contributed by atoms with Gasteiger partial charge in [0.05, 0.1) is 0 Å². The second-order valence-electron chi connectivity index (χ2n) is 5.31. The van der Waals surface area contributed by atoms with Gasteiger partial charge in [-0.1, -0.05) is 28.1 Å². The van der Waals surface area contributed by atoms with Gasteiger partial charge in [-0.25, -0.2) is 0 Å². The average Bonchev–Trinajstić information content (AvgIpc) is 2.88. The number of rotatable bonds is 2. The van der Waals surface area contributed by atoms with Crippen molar-refractivity contribution >= 4 is 15.9 Å². The highest BCUT2D eigenvalue weighted by molar-refractivity contribution is 9.10. The number of hydrogen-bond acceptors (Lipinski definition) is 2. The van der Waals surface area contributed by atoms with Gasteiger partial charge in [-0.05, 0) is 50.0 Å². The Morgan fingerprint density at radius 3 is 3.00 bits per heavy atom. The fourth-order valence-corrected chi connectivity index (χ4v) is 3.72. The smallest absolute Gasteiger partial charge is 0.0329 e. The highest BCUT2D eigenvalue weighted by Crippen LogP contribution is 2.36. The normalized spacial score (nSPS) is 28.6. The number of likely N-dealkylation sites (tertiary alicyclic amines) is 1. The summed E-state index contributed by atoms with van der Waals surface area (Å²) in [6.07, 6.45) is 3.74. The number of likely N-dealkylation sites (N-methyl/N-ethyl adjacent to an activating group) is 1. The molecule has 1 aliphatic heterocycles. The molecule has 0 spiro atoms. The third-order valence-corrected chi connectivity index (χ3v) is 4.78. The molecule has 1 fully saturated rings. The molecule has 0 aromatic heterocycles. The Hall–Kier alpha value is -0.380. The molecule has 1 aromatic carbocycles. The van der Waals surface area contributed by atoms with Crippen LogP contribution in [0.15, 0.2) is 22.7 Å². The third-order valence-electron chi connectivity index (χ3n) is 4.04. The van der Waals surface area contributed by atoms with Gasteiger partial charge in [-0.15, -0.1) is 0 Å². The van der Waals surface area contributed by atoms with Crippen LogP contribution < -0.4 is 5.32 Å².